The van der Waals surface area contributed by atoms with Crippen LogP contribution in [0.25, 0.3) is 32.7 Å². The van der Waals surface area contributed by atoms with E-state index in [9.17, 15) is 0 Å². The summed E-state index contributed by atoms with van der Waals surface area (Å²) in [5.74, 6) is 0. The number of aryl methyl sites for hydroxylation is 1. The van der Waals surface area contributed by atoms with Gasteiger partial charge in [-0.1, -0.05) is 18.2 Å². The van der Waals surface area contributed by atoms with Crippen molar-refractivity contribution >= 4 is 22.2 Å². The number of rotatable bonds is 4. The highest BCUT2D eigenvalue weighted by Crippen LogP contribution is 2.34. The highest BCUT2D eigenvalue weighted by atomic mass is 32.1. The highest BCUT2D eigenvalue weighted by molar-refractivity contribution is 7.13. The van der Waals surface area contributed by atoms with E-state index in [0.717, 1.165) is 32.7 Å². The molecule has 0 amide bonds. The van der Waals surface area contributed by atoms with Crippen LogP contribution in [0.15, 0.2) is 58.9 Å². The molecule has 4 rings (SSSR count). The number of benzene rings is 1. The van der Waals surface area contributed by atoms with E-state index in [2.05, 4.69) is 34.3 Å². The fourth-order valence-corrected chi connectivity index (χ4v) is 3.53. The van der Waals surface area contributed by atoms with Gasteiger partial charge in [-0.05, 0) is 12.1 Å². The molecule has 0 saturated heterocycles. The Morgan fingerprint density at radius 3 is 3.00 bits per heavy atom. The van der Waals surface area contributed by atoms with Crippen LogP contribution < -0.4 is 0 Å². The van der Waals surface area contributed by atoms with Gasteiger partial charge in [-0.15, -0.1) is 11.3 Å². The van der Waals surface area contributed by atoms with Crippen molar-refractivity contribution in [1.82, 2.24) is 9.55 Å². The molecule has 0 fully saturated rings. The maximum atomic E-state index is 8.85. The minimum absolute atomic E-state index is 0.495. The molecule has 0 atom stereocenters. The minimum atomic E-state index is 0.495. The molecule has 5 heteroatoms. The molecular weight excluding hydrogens is 306 g/mol. The Bertz CT molecular complexity index is 989. The topological polar surface area (TPSA) is 54.8 Å². The molecule has 4 aromatic rings. The molecule has 3 aromatic heterocycles. The summed E-state index contributed by atoms with van der Waals surface area (Å²) in [6, 6.07) is 12.4. The SMILES string of the molecule is N#CCCn1cc(-c2csc(-c3ccoc3)n2)c2ccccc21. The lowest BCUT2D eigenvalue weighted by Crippen LogP contribution is -1.94. The smallest absolute Gasteiger partial charge is 0.127 e. The fourth-order valence-electron chi connectivity index (χ4n) is 2.72. The van der Waals surface area contributed by atoms with Crippen molar-refractivity contribution in [1.29, 1.82) is 5.26 Å². The Labute approximate surface area is 137 Å². The number of para-hydroxylation sites is 1. The maximum Gasteiger partial charge on any atom is 0.127 e. The Balaban J connectivity index is 1.81. The average Bonchev–Trinajstić information content (AvgIpc) is 3.31. The second-order valence-corrected chi connectivity index (χ2v) is 6.07. The second kappa shape index (κ2) is 5.75. The molecule has 1 aromatic carbocycles. The molecule has 0 saturated carbocycles. The summed E-state index contributed by atoms with van der Waals surface area (Å²) in [6.07, 6.45) is 5.95. The van der Waals surface area contributed by atoms with Crippen molar-refractivity contribution in [3.05, 3.63) is 54.4 Å². The van der Waals surface area contributed by atoms with Crippen molar-refractivity contribution in [3.8, 4) is 27.9 Å². The van der Waals surface area contributed by atoms with Gasteiger partial charge in [-0.2, -0.15) is 5.26 Å². The van der Waals surface area contributed by atoms with Crippen LogP contribution in [0.1, 0.15) is 6.42 Å². The van der Waals surface area contributed by atoms with Crippen molar-refractivity contribution in [2.24, 2.45) is 0 Å². The van der Waals surface area contributed by atoms with Crippen LogP contribution >= 0.6 is 11.3 Å². The molecule has 0 unspecified atom stereocenters. The lowest BCUT2D eigenvalue weighted by Gasteiger charge is -2.00. The van der Waals surface area contributed by atoms with Crippen molar-refractivity contribution in [2.75, 3.05) is 0 Å². The first kappa shape index (κ1) is 13.8. The summed E-state index contributed by atoms with van der Waals surface area (Å²) in [5.41, 5.74) is 4.19. The normalized spacial score (nSPS) is 10.9. The zero-order valence-corrected chi connectivity index (χ0v) is 13.1. The van der Waals surface area contributed by atoms with Crippen LogP contribution in [0.3, 0.4) is 0 Å². The third kappa shape index (κ3) is 2.43. The average molecular weight is 319 g/mol. The van der Waals surface area contributed by atoms with Gasteiger partial charge in [0, 0.05) is 40.2 Å². The van der Waals surface area contributed by atoms with E-state index >= 15 is 0 Å². The van der Waals surface area contributed by atoms with Gasteiger partial charge in [0.05, 0.1) is 24.4 Å². The van der Waals surface area contributed by atoms with E-state index in [-0.39, 0.29) is 0 Å². The van der Waals surface area contributed by atoms with E-state index in [1.807, 2.05) is 18.2 Å². The van der Waals surface area contributed by atoms with Gasteiger partial charge in [-0.3, -0.25) is 0 Å². The van der Waals surface area contributed by atoms with E-state index < -0.39 is 0 Å². The molecule has 0 spiro atoms. The van der Waals surface area contributed by atoms with Gasteiger partial charge < -0.3 is 8.98 Å². The van der Waals surface area contributed by atoms with Gasteiger partial charge in [0.1, 0.15) is 11.3 Å². The summed E-state index contributed by atoms with van der Waals surface area (Å²) >= 11 is 1.61. The van der Waals surface area contributed by atoms with Crippen LogP contribution in [0.5, 0.6) is 0 Å². The van der Waals surface area contributed by atoms with Gasteiger partial charge in [-0.25, -0.2) is 4.98 Å². The number of nitriles is 1. The molecule has 0 aliphatic carbocycles. The second-order valence-electron chi connectivity index (χ2n) is 5.21. The maximum absolute atomic E-state index is 8.85. The molecule has 0 aliphatic rings. The quantitative estimate of drug-likeness (QED) is 0.535. The fraction of sp³-hybridized carbons (Fsp3) is 0.111. The monoisotopic (exact) mass is 319 g/mol. The van der Waals surface area contributed by atoms with Crippen molar-refractivity contribution in [2.45, 2.75) is 13.0 Å². The summed E-state index contributed by atoms with van der Waals surface area (Å²) in [7, 11) is 0. The molecule has 3 heterocycles. The molecule has 0 aliphatic heterocycles. The third-order valence-corrected chi connectivity index (χ3v) is 4.69. The zero-order valence-electron chi connectivity index (χ0n) is 12.3. The number of hydrogen-bond acceptors (Lipinski definition) is 4. The van der Waals surface area contributed by atoms with Crippen molar-refractivity contribution in [3.63, 3.8) is 0 Å². The minimum Gasteiger partial charge on any atom is -0.472 e. The molecular formula is C18H13N3OS. The largest absolute Gasteiger partial charge is 0.472 e. The summed E-state index contributed by atoms with van der Waals surface area (Å²) in [4.78, 5) is 4.75. The number of fused-ring (bicyclic) bond motifs is 1. The Hall–Kier alpha value is -2.84. The number of nitrogens with zero attached hydrogens (tertiary/aromatic N) is 3. The Morgan fingerprint density at radius 2 is 2.17 bits per heavy atom. The molecule has 4 nitrogen and oxygen atoms in total. The van der Waals surface area contributed by atoms with E-state index in [4.69, 9.17) is 14.7 Å². The highest BCUT2D eigenvalue weighted by Gasteiger charge is 2.13. The molecule has 0 radical (unpaired) electrons. The number of aromatic nitrogens is 2. The van der Waals surface area contributed by atoms with E-state index in [1.165, 1.54) is 0 Å². The van der Waals surface area contributed by atoms with Gasteiger partial charge in [0.2, 0.25) is 0 Å². The molecule has 112 valence electrons. The summed E-state index contributed by atoms with van der Waals surface area (Å²) in [6.45, 7) is 0.690. The van der Waals surface area contributed by atoms with E-state index in [1.54, 1.807) is 23.9 Å². The van der Waals surface area contributed by atoms with Crippen LogP contribution in [0, 0.1) is 11.3 Å². The lowest BCUT2D eigenvalue weighted by atomic mass is 10.1. The number of hydrogen-bond donors (Lipinski definition) is 0. The zero-order chi connectivity index (χ0) is 15.6. The van der Waals surface area contributed by atoms with Gasteiger partial charge >= 0.3 is 0 Å². The van der Waals surface area contributed by atoms with Crippen LogP contribution in [-0.2, 0) is 6.54 Å². The third-order valence-electron chi connectivity index (χ3n) is 3.80. The molecule has 0 N–H and O–H groups in total. The first-order chi connectivity index (χ1) is 11.4. The summed E-state index contributed by atoms with van der Waals surface area (Å²) in [5, 5.41) is 13.0. The van der Waals surface area contributed by atoms with Gasteiger partial charge in [0.25, 0.3) is 0 Å². The predicted molar refractivity (Wildman–Crippen MR) is 91.0 cm³/mol. The number of thiazole rings is 1. The van der Waals surface area contributed by atoms with Crippen molar-refractivity contribution < 1.29 is 4.42 Å². The van der Waals surface area contributed by atoms with Crippen LogP contribution in [0.4, 0.5) is 0 Å². The Kier molecular flexibility index (Phi) is 3.45. The molecule has 23 heavy (non-hydrogen) atoms. The lowest BCUT2D eigenvalue weighted by molar-refractivity contribution is 0.568. The first-order valence-electron chi connectivity index (χ1n) is 7.30. The Morgan fingerprint density at radius 1 is 1.26 bits per heavy atom. The summed E-state index contributed by atoms with van der Waals surface area (Å²) < 4.78 is 7.26. The van der Waals surface area contributed by atoms with E-state index in [0.29, 0.717) is 13.0 Å². The van der Waals surface area contributed by atoms with Gasteiger partial charge in [0.15, 0.2) is 0 Å². The number of furan rings is 1. The van der Waals surface area contributed by atoms with Crippen LogP contribution in [0.2, 0.25) is 0 Å². The standard InChI is InChI=1S/C18H13N3OS/c19-7-3-8-21-10-15(14-4-1-2-5-17(14)21)16-12-23-18(20-16)13-6-9-22-11-13/h1-2,4-6,9-12H,3,8H2. The van der Waals surface area contributed by atoms with Crippen LogP contribution in [-0.4, -0.2) is 9.55 Å². The first-order valence-corrected chi connectivity index (χ1v) is 8.18. The predicted octanol–water partition coefficient (Wildman–Crippen LogP) is 4.94. The molecule has 0 bridgehead atoms.